The molecule has 3 rings (SSSR count). The summed E-state index contributed by atoms with van der Waals surface area (Å²) in [7, 11) is 3.23. The van der Waals surface area contributed by atoms with E-state index in [-0.39, 0.29) is 6.10 Å². The maximum Gasteiger partial charge on any atom is 0.229 e. The molecule has 0 radical (unpaired) electrons. The van der Waals surface area contributed by atoms with Gasteiger partial charge in [0.1, 0.15) is 23.1 Å². The molecule has 7 heteroatoms. The largest absolute Gasteiger partial charge is 0.497 e. The molecular formula is C21H24N4O3. The van der Waals surface area contributed by atoms with Crippen molar-refractivity contribution in [3.05, 3.63) is 54.7 Å². The van der Waals surface area contributed by atoms with Gasteiger partial charge in [0.05, 0.1) is 26.0 Å². The number of methoxy groups -OCH3 is 2. The monoisotopic (exact) mass is 380 g/mol. The maximum absolute atomic E-state index is 5.65. The van der Waals surface area contributed by atoms with Gasteiger partial charge in [-0.1, -0.05) is 0 Å². The first-order valence-electron chi connectivity index (χ1n) is 8.93. The number of hydrogen-bond acceptors (Lipinski definition) is 7. The summed E-state index contributed by atoms with van der Waals surface area (Å²) < 4.78 is 16.3. The second-order valence-electron chi connectivity index (χ2n) is 6.27. The Morgan fingerprint density at radius 1 is 0.857 bits per heavy atom. The van der Waals surface area contributed by atoms with E-state index in [4.69, 9.17) is 14.2 Å². The molecule has 0 fully saturated rings. The number of ether oxygens (including phenoxy) is 3. The SMILES string of the molecule is COc1ccc(Nc2ccnc(Nc3ccc(OC(C)C)cc3)n2)c(OC)c1. The minimum Gasteiger partial charge on any atom is -0.497 e. The van der Waals surface area contributed by atoms with Gasteiger partial charge in [0.25, 0.3) is 0 Å². The summed E-state index contributed by atoms with van der Waals surface area (Å²) in [6, 6.07) is 15.0. The minimum atomic E-state index is 0.139. The van der Waals surface area contributed by atoms with E-state index in [1.807, 2.05) is 56.3 Å². The van der Waals surface area contributed by atoms with E-state index < -0.39 is 0 Å². The summed E-state index contributed by atoms with van der Waals surface area (Å²) in [6.07, 6.45) is 1.82. The van der Waals surface area contributed by atoms with Crippen molar-refractivity contribution < 1.29 is 14.2 Å². The first kappa shape index (κ1) is 19.3. The van der Waals surface area contributed by atoms with Gasteiger partial charge in [0, 0.05) is 18.0 Å². The van der Waals surface area contributed by atoms with Crippen molar-refractivity contribution in [1.82, 2.24) is 9.97 Å². The lowest BCUT2D eigenvalue weighted by molar-refractivity contribution is 0.242. The number of aromatic nitrogens is 2. The van der Waals surface area contributed by atoms with Crippen LogP contribution in [-0.2, 0) is 0 Å². The van der Waals surface area contributed by atoms with Crippen molar-refractivity contribution in [2.75, 3.05) is 24.9 Å². The molecule has 1 heterocycles. The second-order valence-corrected chi connectivity index (χ2v) is 6.27. The van der Waals surface area contributed by atoms with Crippen LogP contribution in [0.1, 0.15) is 13.8 Å². The lowest BCUT2D eigenvalue weighted by Gasteiger charge is -2.13. The minimum absolute atomic E-state index is 0.139. The Balaban J connectivity index is 1.72. The maximum atomic E-state index is 5.65. The zero-order valence-corrected chi connectivity index (χ0v) is 16.4. The molecule has 0 aliphatic carbocycles. The van der Waals surface area contributed by atoms with Gasteiger partial charge >= 0.3 is 0 Å². The molecule has 0 saturated carbocycles. The van der Waals surface area contributed by atoms with E-state index in [1.165, 1.54) is 0 Å². The number of benzene rings is 2. The Morgan fingerprint density at radius 3 is 2.29 bits per heavy atom. The molecule has 2 aromatic carbocycles. The molecule has 7 nitrogen and oxygen atoms in total. The normalized spacial score (nSPS) is 10.5. The van der Waals surface area contributed by atoms with Crippen LogP contribution in [0.15, 0.2) is 54.7 Å². The second kappa shape index (κ2) is 8.94. The molecule has 0 aliphatic rings. The Hall–Kier alpha value is -3.48. The summed E-state index contributed by atoms with van der Waals surface area (Å²) in [5.41, 5.74) is 1.65. The van der Waals surface area contributed by atoms with Crippen LogP contribution < -0.4 is 24.8 Å². The van der Waals surface area contributed by atoms with Gasteiger partial charge in [-0.05, 0) is 56.3 Å². The summed E-state index contributed by atoms with van der Waals surface area (Å²) >= 11 is 0. The number of rotatable bonds is 8. The molecule has 28 heavy (non-hydrogen) atoms. The highest BCUT2D eigenvalue weighted by atomic mass is 16.5. The van der Waals surface area contributed by atoms with Gasteiger partial charge in [-0.25, -0.2) is 4.98 Å². The molecule has 146 valence electrons. The molecule has 0 saturated heterocycles. The zero-order valence-electron chi connectivity index (χ0n) is 16.4. The third-order valence-electron chi connectivity index (χ3n) is 3.81. The van der Waals surface area contributed by atoms with Crippen LogP contribution in [-0.4, -0.2) is 30.3 Å². The van der Waals surface area contributed by atoms with Crippen LogP contribution in [0.25, 0.3) is 0 Å². The van der Waals surface area contributed by atoms with Crippen LogP contribution in [0.2, 0.25) is 0 Å². The van der Waals surface area contributed by atoms with Gasteiger partial charge in [-0.15, -0.1) is 0 Å². The Morgan fingerprint density at radius 2 is 1.61 bits per heavy atom. The van der Waals surface area contributed by atoms with Gasteiger partial charge in [-0.2, -0.15) is 4.98 Å². The summed E-state index contributed by atoms with van der Waals surface area (Å²) in [6.45, 7) is 3.99. The Bertz CT molecular complexity index is 914. The molecule has 0 aliphatic heterocycles. The van der Waals surface area contributed by atoms with Gasteiger partial charge in [0.15, 0.2) is 0 Å². The highest BCUT2D eigenvalue weighted by Crippen LogP contribution is 2.31. The number of anilines is 4. The van der Waals surface area contributed by atoms with Gasteiger partial charge in [0.2, 0.25) is 5.95 Å². The van der Waals surface area contributed by atoms with E-state index >= 15 is 0 Å². The first-order chi connectivity index (χ1) is 13.6. The quantitative estimate of drug-likeness (QED) is 0.583. The smallest absolute Gasteiger partial charge is 0.229 e. The third-order valence-corrected chi connectivity index (χ3v) is 3.81. The van der Waals surface area contributed by atoms with Crippen molar-refractivity contribution in [3.63, 3.8) is 0 Å². The Labute approximate surface area is 164 Å². The molecule has 0 unspecified atom stereocenters. The van der Waals surface area contributed by atoms with Gasteiger partial charge < -0.3 is 24.8 Å². The van der Waals surface area contributed by atoms with E-state index in [0.29, 0.717) is 17.5 Å². The van der Waals surface area contributed by atoms with E-state index in [1.54, 1.807) is 26.5 Å². The predicted octanol–water partition coefficient (Wildman–Crippen LogP) is 4.77. The highest BCUT2D eigenvalue weighted by molar-refractivity contribution is 5.66. The topological polar surface area (TPSA) is 77.5 Å². The summed E-state index contributed by atoms with van der Waals surface area (Å²) in [5, 5.41) is 6.43. The lowest BCUT2D eigenvalue weighted by atomic mass is 10.2. The fourth-order valence-electron chi connectivity index (χ4n) is 2.55. The van der Waals surface area contributed by atoms with Crippen LogP contribution in [0.5, 0.6) is 17.2 Å². The number of hydrogen-bond donors (Lipinski definition) is 2. The van der Waals surface area contributed by atoms with Crippen LogP contribution in [0.3, 0.4) is 0 Å². The van der Waals surface area contributed by atoms with Crippen molar-refractivity contribution in [3.8, 4) is 17.2 Å². The first-order valence-corrected chi connectivity index (χ1v) is 8.93. The Kier molecular flexibility index (Phi) is 6.16. The van der Waals surface area contributed by atoms with Crippen LogP contribution >= 0.6 is 0 Å². The summed E-state index contributed by atoms with van der Waals surface area (Å²) in [4.78, 5) is 8.77. The number of nitrogens with zero attached hydrogens (tertiary/aromatic N) is 2. The molecule has 0 bridgehead atoms. The fraction of sp³-hybridized carbons (Fsp3) is 0.238. The van der Waals surface area contributed by atoms with Crippen molar-refractivity contribution >= 4 is 23.1 Å². The fourth-order valence-corrected chi connectivity index (χ4v) is 2.55. The van der Waals surface area contributed by atoms with E-state index in [0.717, 1.165) is 22.9 Å². The number of nitrogens with one attached hydrogen (secondary N) is 2. The van der Waals surface area contributed by atoms with Crippen molar-refractivity contribution in [1.29, 1.82) is 0 Å². The highest BCUT2D eigenvalue weighted by Gasteiger charge is 2.07. The molecule has 2 N–H and O–H groups in total. The van der Waals surface area contributed by atoms with Crippen LogP contribution in [0, 0.1) is 0 Å². The lowest BCUT2D eigenvalue weighted by Crippen LogP contribution is -2.05. The van der Waals surface area contributed by atoms with Crippen LogP contribution in [0.4, 0.5) is 23.1 Å². The molecular weight excluding hydrogens is 356 g/mol. The predicted molar refractivity (Wildman–Crippen MR) is 110 cm³/mol. The zero-order chi connectivity index (χ0) is 19.9. The standard InChI is InChI=1S/C21H24N4O3/c1-14(2)28-16-7-5-15(6-8-16)23-21-22-12-11-20(25-21)24-18-10-9-17(26-3)13-19(18)27-4/h5-14H,1-4H3,(H2,22,23,24,25). The molecule has 3 aromatic rings. The van der Waals surface area contributed by atoms with E-state index in [2.05, 4.69) is 20.6 Å². The molecule has 1 aromatic heterocycles. The average Bonchev–Trinajstić information content (AvgIpc) is 2.70. The molecule has 0 amide bonds. The van der Waals surface area contributed by atoms with Gasteiger partial charge in [-0.3, -0.25) is 0 Å². The average molecular weight is 380 g/mol. The van der Waals surface area contributed by atoms with Crippen molar-refractivity contribution in [2.45, 2.75) is 20.0 Å². The third kappa shape index (κ3) is 5.03. The van der Waals surface area contributed by atoms with E-state index in [9.17, 15) is 0 Å². The van der Waals surface area contributed by atoms with Crippen molar-refractivity contribution in [2.24, 2.45) is 0 Å². The molecule has 0 spiro atoms. The summed E-state index contributed by atoms with van der Waals surface area (Å²) in [5.74, 6) is 3.32. The molecule has 0 atom stereocenters.